The Morgan fingerprint density at radius 3 is 2.60 bits per heavy atom. The van der Waals surface area contributed by atoms with Crippen LogP contribution in [0.1, 0.15) is 15.9 Å². The molecule has 1 aromatic heterocycles. The molecule has 2 aromatic carbocycles. The van der Waals surface area contributed by atoms with Gasteiger partial charge in [-0.3, -0.25) is 0 Å². The van der Waals surface area contributed by atoms with Crippen molar-refractivity contribution in [3.8, 4) is 0 Å². The van der Waals surface area contributed by atoms with E-state index < -0.39 is 0 Å². The SMILES string of the molecule is COC(=O)c1cccc(Nc2cc(NCc3ccccc3)ncn2)c1. The molecular formula is C19H18N4O2. The molecule has 0 aliphatic rings. The number of aromatic nitrogens is 2. The van der Waals surface area contributed by atoms with Crippen molar-refractivity contribution in [1.29, 1.82) is 0 Å². The summed E-state index contributed by atoms with van der Waals surface area (Å²) in [6, 6.07) is 18.9. The number of nitrogens with one attached hydrogen (secondary N) is 2. The zero-order valence-corrected chi connectivity index (χ0v) is 13.8. The lowest BCUT2D eigenvalue weighted by atomic mass is 10.2. The summed E-state index contributed by atoms with van der Waals surface area (Å²) in [6.07, 6.45) is 1.49. The second-order valence-electron chi connectivity index (χ2n) is 5.33. The van der Waals surface area contributed by atoms with Crippen LogP contribution in [0.4, 0.5) is 17.3 Å². The molecule has 2 N–H and O–H groups in total. The molecule has 0 aliphatic carbocycles. The van der Waals surface area contributed by atoms with Crippen LogP contribution in [0, 0.1) is 0 Å². The predicted octanol–water partition coefficient (Wildman–Crippen LogP) is 3.62. The molecule has 1 heterocycles. The van der Waals surface area contributed by atoms with Crippen molar-refractivity contribution in [2.75, 3.05) is 17.7 Å². The smallest absolute Gasteiger partial charge is 0.337 e. The monoisotopic (exact) mass is 334 g/mol. The van der Waals surface area contributed by atoms with Crippen LogP contribution in [0.2, 0.25) is 0 Å². The number of rotatable bonds is 6. The Kier molecular flexibility index (Phi) is 5.21. The van der Waals surface area contributed by atoms with Gasteiger partial charge in [0.15, 0.2) is 0 Å². The molecule has 126 valence electrons. The van der Waals surface area contributed by atoms with Gasteiger partial charge in [0.1, 0.15) is 18.0 Å². The molecule has 0 spiro atoms. The first-order chi connectivity index (χ1) is 12.2. The maximum Gasteiger partial charge on any atom is 0.337 e. The average Bonchev–Trinajstić information content (AvgIpc) is 2.67. The van der Waals surface area contributed by atoms with Crippen LogP contribution in [0.5, 0.6) is 0 Å². The number of nitrogens with zero attached hydrogens (tertiary/aromatic N) is 2. The third-order valence-corrected chi connectivity index (χ3v) is 3.54. The van der Waals surface area contributed by atoms with Crippen molar-refractivity contribution >= 4 is 23.3 Å². The maximum absolute atomic E-state index is 11.6. The number of anilines is 3. The van der Waals surface area contributed by atoms with E-state index in [4.69, 9.17) is 4.74 Å². The summed E-state index contributed by atoms with van der Waals surface area (Å²) in [5.74, 6) is 0.967. The van der Waals surface area contributed by atoms with Gasteiger partial charge in [0.05, 0.1) is 12.7 Å². The zero-order chi connectivity index (χ0) is 17.5. The summed E-state index contributed by atoms with van der Waals surface area (Å²) < 4.78 is 4.73. The van der Waals surface area contributed by atoms with E-state index in [9.17, 15) is 4.79 Å². The van der Waals surface area contributed by atoms with E-state index in [1.165, 1.54) is 19.0 Å². The first-order valence-electron chi connectivity index (χ1n) is 7.80. The molecule has 0 radical (unpaired) electrons. The second kappa shape index (κ2) is 7.92. The maximum atomic E-state index is 11.6. The van der Waals surface area contributed by atoms with Gasteiger partial charge in [-0.2, -0.15) is 0 Å². The van der Waals surface area contributed by atoms with Gasteiger partial charge in [-0.15, -0.1) is 0 Å². The van der Waals surface area contributed by atoms with Gasteiger partial charge in [0.2, 0.25) is 0 Å². The van der Waals surface area contributed by atoms with Crippen LogP contribution in [-0.2, 0) is 11.3 Å². The Labute approximate surface area is 145 Å². The molecule has 0 bridgehead atoms. The summed E-state index contributed by atoms with van der Waals surface area (Å²) in [5, 5.41) is 6.42. The molecule has 0 amide bonds. The lowest BCUT2D eigenvalue weighted by Crippen LogP contribution is -2.04. The highest BCUT2D eigenvalue weighted by Crippen LogP contribution is 2.18. The molecule has 6 nitrogen and oxygen atoms in total. The third kappa shape index (κ3) is 4.54. The van der Waals surface area contributed by atoms with Gasteiger partial charge in [0, 0.05) is 18.3 Å². The summed E-state index contributed by atoms with van der Waals surface area (Å²) in [7, 11) is 1.36. The number of carbonyl (C=O) groups excluding carboxylic acids is 1. The Morgan fingerprint density at radius 1 is 1.00 bits per heavy atom. The minimum atomic E-state index is -0.378. The van der Waals surface area contributed by atoms with Crippen molar-refractivity contribution < 1.29 is 9.53 Å². The number of methoxy groups -OCH3 is 1. The van der Waals surface area contributed by atoms with Crippen LogP contribution in [0.15, 0.2) is 67.0 Å². The lowest BCUT2D eigenvalue weighted by Gasteiger charge is -2.09. The normalized spacial score (nSPS) is 10.1. The largest absolute Gasteiger partial charge is 0.465 e. The fourth-order valence-electron chi connectivity index (χ4n) is 2.30. The Morgan fingerprint density at radius 2 is 1.80 bits per heavy atom. The number of hydrogen-bond acceptors (Lipinski definition) is 6. The lowest BCUT2D eigenvalue weighted by molar-refractivity contribution is 0.0601. The van der Waals surface area contributed by atoms with Gasteiger partial charge in [-0.25, -0.2) is 14.8 Å². The van der Waals surface area contributed by atoms with E-state index in [1.54, 1.807) is 18.2 Å². The van der Waals surface area contributed by atoms with Gasteiger partial charge in [-0.05, 0) is 23.8 Å². The highest BCUT2D eigenvalue weighted by atomic mass is 16.5. The van der Waals surface area contributed by atoms with Gasteiger partial charge in [-0.1, -0.05) is 36.4 Å². The van der Waals surface area contributed by atoms with Crippen LogP contribution >= 0.6 is 0 Å². The number of benzene rings is 2. The molecular weight excluding hydrogens is 316 g/mol. The quantitative estimate of drug-likeness (QED) is 0.671. The van der Waals surface area contributed by atoms with E-state index in [2.05, 4.69) is 20.6 Å². The molecule has 0 atom stereocenters. The first-order valence-corrected chi connectivity index (χ1v) is 7.80. The number of esters is 1. The minimum absolute atomic E-state index is 0.378. The Bertz CT molecular complexity index is 853. The van der Waals surface area contributed by atoms with E-state index in [1.807, 2.05) is 42.5 Å². The van der Waals surface area contributed by atoms with Crippen LogP contribution in [-0.4, -0.2) is 23.0 Å². The minimum Gasteiger partial charge on any atom is -0.465 e. The molecule has 6 heteroatoms. The fraction of sp³-hybridized carbons (Fsp3) is 0.105. The second-order valence-corrected chi connectivity index (χ2v) is 5.33. The Balaban J connectivity index is 1.68. The van der Waals surface area contributed by atoms with Crippen molar-refractivity contribution in [3.63, 3.8) is 0 Å². The summed E-state index contributed by atoms with van der Waals surface area (Å²) in [6.45, 7) is 0.676. The molecule has 0 aliphatic heterocycles. The van der Waals surface area contributed by atoms with Crippen LogP contribution in [0.25, 0.3) is 0 Å². The standard InChI is InChI=1S/C19H18N4O2/c1-25-19(24)15-8-5-9-16(10-15)23-18-11-17(21-13-22-18)20-12-14-6-3-2-4-7-14/h2-11,13H,12H2,1H3,(H2,20,21,22,23). The molecule has 0 saturated carbocycles. The fourth-order valence-corrected chi connectivity index (χ4v) is 2.30. The van der Waals surface area contributed by atoms with Crippen molar-refractivity contribution in [2.24, 2.45) is 0 Å². The average molecular weight is 334 g/mol. The number of ether oxygens (including phenoxy) is 1. The van der Waals surface area contributed by atoms with Crippen LogP contribution in [0.3, 0.4) is 0 Å². The number of hydrogen-bond donors (Lipinski definition) is 2. The number of carbonyl (C=O) groups is 1. The molecule has 3 aromatic rings. The van der Waals surface area contributed by atoms with Gasteiger partial charge < -0.3 is 15.4 Å². The predicted molar refractivity (Wildman–Crippen MR) is 96.9 cm³/mol. The molecule has 0 unspecified atom stereocenters. The van der Waals surface area contributed by atoms with Crippen molar-refractivity contribution in [3.05, 3.63) is 78.1 Å². The van der Waals surface area contributed by atoms with Gasteiger partial charge >= 0.3 is 5.97 Å². The highest BCUT2D eigenvalue weighted by molar-refractivity contribution is 5.90. The van der Waals surface area contributed by atoms with Crippen molar-refractivity contribution in [2.45, 2.75) is 6.54 Å². The molecule has 0 saturated heterocycles. The Hall–Kier alpha value is -3.41. The molecule has 3 rings (SSSR count). The van der Waals surface area contributed by atoms with E-state index >= 15 is 0 Å². The molecule has 0 fully saturated rings. The topological polar surface area (TPSA) is 76.1 Å². The third-order valence-electron chi connectivity index (χ3n) is 3.54. The van der Waals surface area contributed by atoms with Crippen LogP contribution < -0.4 is 10.6 Å². The van der Waals surface area contributed by atoms with E-state index in [0.29, 0.717) is 23.7 Å². The van der Waals surface area contributed by atoms with Gasteiger partial charge in [0.25, 0.3) is 0 Å². The zero-order valence-electron chi connectivity index (χ0n) is 13.8. The summed E-state index contributed by atoms with van der Waals surface area (Å²) in [4.78, 5) is 20.0. The summed E-state index contributed by atoms with van der Waals surface area (Å²) >= 11 is 0. The summed E-state index contributed by atoms with van der Waals surface area (Å²) in [5.41, 5.74) is 2.39. The van der Waals surface area contributed by atoms with E-state index in [-0.39, 0.29) is 5.97 Å². The highest BCUT2D eigenvalue weighted by Gasteiger charge is 2.06. The van der Waals surface area contributed by atoms with E-state index in [0.717, 1.165) is 5.69 Å². The van der Waals surface area contributed by atoms with Crippen molar-refractivity contribution in [1.82, 2.24) is 9.97 Å². The molecule has 25 heavy (non-hydrogen) atoms. The first kappa shape index (κ1) is 16.4.